The predicted molar refractivity (Wildman–Crippen MR) is 98.9 cm³/mol. The Balaban J connectivity index is 1.48. The van der Waals surface area contributed by atoms with E-state index in [0.29, 0.717) is 19.6 Å². The maximum atomic E-state index is 12.8. The van der Waals surface area contributed by atoms with Crippen LogP contribution in [0.1, 0.15) is 18.3 Å². The molecule has 0 spiro atoms. The number of imidazole rings is 1. The minimum absolute atomic E-state index is 0.119. The van der Waals surface area contributed by atoms with Crippen LogP contribution in [-0.2, 0) is 24.3 Å². The number of carbonyl (C=O) groups is 1. The minimum atomic E-state index is -0.158. The first-order valence-corrected chi connectivity index (χ1v) is 8.97. The summed E-state index contributed by atoms with van der Waals surface area (Å²) in [6.07, 6.45) is 3.86. The van der Waals surface area contributed by atoms with Crippen molar-refractivity contribution in [3.05, 3.63) is 48.3 Å². The van der Waals surface area contributed by atoms with Gasteiger partial charge in [-0.3, -0.25) is 9.48 Å². The van der Waals surface area contributed by atoms with Crippen molar-refractivity contribution in [2.24, 2.45) is 5.92 Å². The van der Waals surface area contributed by atoms with Gasteiger partial charge in [-0.05, 0) is 12.1 Å². The van der Waals surface area contributed by atoms with E-state index < -0.39 is 0 Å². The molecule has 3 heterocycles. The van der Waals surface area contributed by atoms with E-state index in [-0.39, 0.29) is 11.8 Å². The van der Waals surface area contributed by atoms with E-state index in [2.05, 4.69) is 15.1 Å². The van der Waals surface area contributed by atoms with Crippen LogP contribution >= 0.6 is 0 Å². The summed E-state index contributed by atoms with van der Waals surface area (Å²) in [4.78, 5) is 26.7. The van der Waals surface area contributed by atoms with Gasteiger partial charge in [0.1, 0.15) is 24.2 Å². The summed E-state index contributed by atoms with van der Waals surface area (Å²) >= 11 is 0. The van der Waals surface area contributed by atoms with Crippen LogP contribution in [0, 0.1) is 5.92 Å². The number of fused-ring (bicyclic) bond motifs is 1. The molecule has 1 aliphatic rings. The maximum Gasteiger partial charge on any atom is 0.227 e. The third-order valence-electron chi connectivity index (χ3n) is 4.84. The second kappa shape index (κ2) is 7.22. The average Bonchev–Trinajstić information content (AvgIpc) is 3.36. The molecule has 0 saturated carbocycles. The number of methoxy groups -OCH3 is 1. The summed E-state index contributed by atoms with van der Waals surface area (Å²) in [5.74, 6) is 1.56. The van der Waals surface area contributed by atoms with Gasteiger partial charge in [0.2, 0.25) is 5.91 Å². The molecule has 0 saturated heterocycles. The van der Waals surface area contributed by atoms with E-state index in [4.69, 9.17) is 9.72 Å². The highest BCUT2D eigenvalue weighted by atomic mass is 16.5. The molecule has 3 aromatic rings. The van der Waals surface area contributed by atoms with Crippen LogP contribution in [0.5, 0.6) is 5.75 Å². The molecule has 0 unspecified atom stereocenters. The lowest BCUT2D eigenvalue weighted by Gasteiger charge is -2.28. The SMILES string of the molecule is COc1cccc(-c2nc3c([nH]2)CN(C(=O)[C@@H](C)Cn2cncn2)CC3)c1. The largest absolute Gasteiger partial charge is 0.497 e. The monoisotopic (exact) mass is 366 g/mol. The fourth-order valence-corrected chi connectivity index (χ4v) is 3.39. The van der Waals surface area contributed by atoms with Gasteiger partial charge in [0.05, 0.1) is 37.5 Å². The molecule has 0 aliphatic carbocycles. The molecule has 8 nitrogen and oxygen atoms in total. The number of rotatable bonds is 5. The van der Waals surface area contributed by atoms with E-state index >= 15 is 0 Å². The molecule has 4 rings (SSSR count). The number of aromatic amines is 1. The number of nitrogens with zero attached hydrogens (tertiary/aromatic N) is 5. The minimum Gasteiger partial charge on any atom is -0.497 e. The number of benzene rings is 1. The Labute approximate surface area is 157 Å². The van der Waals surface area contributed by atoms with Gasteiger partial charge in [0.15, 0.2) is 0 Å². The van der Waals surface area contributed by atoms with Crippen molar-refractivity contribution in [2.75, 3.05) is 13.7 Å². The highest BCUT2D eigenvalue weighted by Crippen LogP contribution is 2.26. The number of H-pyrrole nitrogens is 1. The standard InChI is InChI=1S/C19H22N6O2/c1-13(9-25-12-20-11-21-25)19(26)24-7-6-16-17(10-24)23-18(22-16)14-4-3-5-15(8-14)27-2/h3-5,8,11-13H,6-7,9-10H2,1-2H3,(H,22,23)/t13-/m0/s1. The molecule has 1 aromatic carbocycles. The number of amides is 1. The first-order valence-electron chi connectivity index (χ1n) is 8.97. The third-order valence-corrected chi connectivity index (χ3v) is 4.84. The first-order chi connectivity index (χ1) is 13.1. The molecule has 1 amide bonds. The molecule has 1 N–H and O–H groups in total. The molecule has 0 radical (unpaired) electrons. The van der Waals surface area contributed by atoms with Gasteiger partial charge in [-0.1, -0.05) is 19.1 Å². The zero-order chi connectivity index (χ0) is 18.8. The van der Waals surface area contributed by atoms with E-state index in [1.54, 1.807) is 18.1 Å². The summed E-state index contributed by atoms with van der Waals surface area (Å²) in [7, 11) is 1.65. The summed E-state index contributed by atoms with van der Waals surface area (Å²) < 4.78 is 6.98. The van der Waals surface area contributed by atoms with Gasteiger partial charge in [-0.2, -0.15) is 5.10 Å². The predicted octanol–water partition coefficient (Wildman–Crippen LogP) is 1.90. The summed E-state index contributed by atoms with van der Waals surface area (Å²) in [6, 6.07) is 7.80. The lowest BCUT2D eigenvalue weighted by Crippen LogP contribution is -2.40. The Morgan fingerprint density at radius 2 is 2.30 bits per heavy atom. The number of nitrogens with one attached hydrogen (secondary N) is 1. The van der Waals surface area contributed by atoms with Gasteiger partial charge in [-0.25, -0.2) is 9.97 Å². The van der Waals surface area contributed by atoms with E-state index in [9.17, 15) is 4.79 Å². The fraction of sp³-hybridized carbons (Fsp3) is 0.368. The molecule has 0 bridgehead atoms. The van der Waals surface area contributed by atoms with Crippen molar-refractivity contribution in [1.82, 2.24) is 29.6 Å². The van der Waals surface area contributed by atoms with E-state index in [0.717, 1.165) is 34.9 Å². The molecule has 2 aromatic heterocycles. The smallest absolute Gasteiger partial charge is 0.227 e. The zero-order valence-corrected chi connectivity index (χ0v) is 15.4. The van der Waals surface area contributed by atoms with Gasteiger partial charge < -0.3 is 14.6 Å². The fourth-order valence-electron chi connectivity index (χ4n) is 3.39. The topological polar surface area (TPSA) is 88.9 Å². The Bertz CT molecular complexity index is 934. The quantitative estimate of drug-likeness (QED) is 0.745. The van der Waals surface area contributed by atoms with Crippen LogP contribution in [0.2, 0.25) is 0 Å². The van der Waals surface area contributed by atoms with Gasteiger partial charge in [-0.15, -0.1) is 0 Å². The van der Waals surface area contributed by atoms with E-state index in [1.807, 2.05) is 36.1 Å². The molecule has 8 heteroatoms. The Kier molecular flexibility index (Phi) is 4.62. The van der Waals surface area contributed by atoms with Crippen molar-refractivity contribution in [2.45, 2.75) is 26.4 Å². The Morgan fingerprint density at radius 3 is 3.07 bits per heavy atom. The molecule has 140 valence electrons. The Morgan fingerprint density at radius 1 is 1.41 bits per heavy atom. The third kappa shape index (κ3) is 3.55. The number of aromatic nitrogens is 5. The van der Waals surface area contributed by atoms with Crippen LogP contribution in [0.4, 0.5) is 0 Å². The normalized spacial score (nSPS) is 14.7. The van der Waals surface area contributed by atoms with Crippen LogP contribution in [0.3, 0.4) is 0 Å². The number of hydrogen-bond donors (Lipinski definition) is 1. The molecular weight excluding hydrogens is 344 g/mol. The highest BCUT2D eigenvalue weighted by Gasteiger charge is 2.27. The van der Waals surface area contributed by atoms with Crippen molar-refractivity contribution in [3.63, 3.8) is 0 Å². The lowest BCUT2D eigenvalue weighted by molar-refractivity contribution is -0.136. The molecule has 0 fully saturated rings. The van der Waals surface area contributed by atoms with Crippen LogP contribution in [-0.4, -0.2) is 49.2 Å². The van der Waals surface area contributed by atoms with Crippen molar-refractivity contribution < 1.29 is 9.53 Å². The summed E-state index contributed by atoms with van der Waals surface area (Å²) in [6.45, 7) is 3.68. The van der Waals surface area contributed by atoms with Crippen molar-refractivity contribution in [3.8, 4) is 17.1 Å². The number of hydrogen-bond acceptors (Lipinski definition) is 5. The van der Waals surface area contributed by atoms with Gasteiger partial charge in [0, 0.05) is 18.5 Å². The summed E-state index contributed by atoms with van der Waals surface area (Å²) in [5, 5.41) is 4.08. The van der Waals surface area contributed by atoms with Crippen LogP contribution in [0.25, 0.3) is 11.4 Å². The molecule has 1 aliphatic heterocycles. The molecule has 27 heavy (non-hydrogen) atoms. The summed E-state index contributed by atoms with van der Waals surface area (Å²) in [5.41, 5.74) is 3.00. The highest BCUT2D eigenvalue weighted by molar-refractivity contribution is 5.78. The first kappa shape index (κ1) is 17.3. The lowest BCUT2D eigenvalue weighted by atomic mass is 10.1. The number of ether oxygens (including phenoxy) is 1. The van der Waals surface area contributed by atoms with Gasteiger partial charge in [0.25, 0.3) is 0 Å². The van der Waals surface area contributed by atoms with Crippen molar-refractivity contribution >= 4 is 5.91 Å². The zero-order valence-electron chi connectivity index (χ0n) is 15.4. The second-order valence-corrected chi connectivity index (χ2v) is 6.77. The average molecular weight is 366 g/mol. The molecule has 1 atom stereocenters. The maximum absolute atomic E-state index is 12.8. The molecular formula is C19H22N6O2. The second-order valence-electron chi connectivity index (χ2n) is 6.77. The number of carbonyl (C=O) groups excluding carboxylic acids is 1. The van der Waals surface area contributed by atoms with Gasteiger partial charge >= 0.3 is 0 Å². The van der Waals surface area contributed by atoms with Crippen molar-refractivity contribution in [1.29, 1.82) is 0 Å². The Hall–Kier alpha value is -3.16. The van der Waals surface area contributed by atoms with Crippen LogP contribution < -0.4 is 4.74 Å². The van der Waals surface area contributed by atoms with E-state index in [1.165, 1.54) is 6.33 Å². The van der Waals surface area contributed by atoms with Crippen LogP contribution in [0.15, 0.2) is 36.9 Å².